The minimum Gasteiger partial charge on any atom is -0.378 e. The largest absolute Gasteiger partial charge is 0.378 e. The minimum atomic E-state index is 0.751. The van der Waals surface area contributed by atoms with Crippen LogP contribution in [0.1, 0.15) is 17.1 Å². The van der Waals surface area contributed by atoms with Crippen LogP contribution in [0, 0.1) is 20.8 Å². The lowest BCUT2D eigenvalue weighted by Gasteiger charge is -2.28. The van der Waals surface area contributed by atoms with Crippen LogP contribution >= 0.6 is 0 Å². The molecule has 2 aromatic heterocycles. The van der Waals surface area contributed by atoms with Gasteiger partial charge in [0.1, 0.15) is 23.3 Å². The molecule has 21 heavy (non-hydrogen) atoms. The molecule has 0 atom stereocenters. The van der Waals surface area contributed by atoms with E-state index in [1.807, 2.05) is 13.0 Å². The first-order valence-corrected chi connectivity index (χ1v) is 7.23. The Morgan fingerprint density at radius 2 is 1.90 bits per heavy atom. The molecule has 0 amide bonds. The van der Waals surface area contributed by atoms with Gasteiger partial charge in [-0.25, -0.2) is 9.97 Å². The average Bonchev–Trinajstić information content (AvgIpc) is 2.77. The molecule has 112 valence electrons. The van der Waals surface area contributed by atoms with Gasteiger partial charge in [-0.15, -0.1) is 0 Å². The normalized spacial score (nSPS) is 15.3. The molecule has 3 rings (SSSR count). The second-order valence-corrected chi connectivity index (χ2v) is 5.37. The van der Waals surface area contributed by atoms with Crippen molar-refractivity contribution in [2.24, 2.45) is 0 Å². The van der Waals surface area contributed by atoms with Crippen molar-refractivity contribution in [2.45, 2.75) is 20.8 Å². The number of aryl methyl sites for hydroxylation is 3. The molecule has 6 heteroatoms. The zero-order valence-electron chi connectivity index (χ0n) is 12.7. The third-order valence-corrected chi connectivity index (χ3v) is 3.70. The van der Waals surface area contributed by atoms with Gasteiger partial charge in [0.2, 0.25) is 0 Å². The topological polar surface area (TPSA) is 66.1 Å². The summed E-state index contributed by atoms with van der Waals surface area (Å²) in [7, 11) is 0. The fraction of sp³-hybridized carbons (Fsp3) is 0.467. The third-order valence-electron chi connectivity index (χ3n) is 3.70. The molecule has 0 radical (unpaired) electrons. The Bertz CT molecular complexity index is 611. The average molecular weight is 287 g/mol. The molecule has 2 N–H and O–H groups in total. The lowest BCUT2D eigenvalue weighted by molar-refractivity contribution is 0.122. The Hall–Kier alpha value is -2.08. The molecule has 0 aromatic carbocycles. The number of nitrogens with zero attached hydrogens (tertiary/aromatic N) is 3. The summed E-state index contributed by atoms with van der Waals surface area (Å²) in [5.74, 6) is 3.48. The van der Waals surface area contributed by atoms with Crippen LogP contribution in [-0.2, 0) is 4.74 Å². The Balaban J connectivity index is 1.83. The van der Waals surface area contributed by atoms with Crippen molar-refractivity contribution in [2.75, 3.05) is 36.5 Å². The molecule has 2 aromatic rings. The zero-order chi connectivity index (χ0) is 14.8. The van der Waals surface area contributed by atoms with Crippen molar-refractivity contribution in [1.82, 2.24) is 15.0 Å². The maximum Gasteiger partial charge on any atom is 0.137 e. The summed E-state index contributed by atoms with van der Waals surface area (Å²) in [5, 5.41) is 3.32. The molecule has 0 unspecified atom stereocenters. The smallest absolute Gasteiger partial charge is 0.137 e. The van der Waals surface area contributed by atoms with E-state index in [0.29, 0.717) is 0 Å². The lowest BCUT2D eigenvalue weighted by Crippen LogP contribution is -2.36. The quantitative estimate of drug-likeness (QED) is 0.907. The van der Waals surface area contributed by atoms with E-state index in [-0.39, 0.29) is 0 Å². The zero-order valence-corrected chi connectivity index (χ0v) is 12.7. The van der Waals surface area contributed by atoms with Gasteiger partial charge in [0.05, 0.1) is 13.2 Å². The van der Waals surface area contributed by atoms with Crippen LogP contribution < -0.4 is 10.2 Å². The van der Waals surface area contributed by atoms with Gasteiger partial charge in [-0.3, -0.25) is 0 Å². The molecular weight excluding hydrogens is 266 g/mol. The summed E-state index contributed by atoms with van der Waals surface area (Å²) in [5.41, 5.74) is 2.40. The number of nitrogens with one attached hydrogen (secondary N) is 2. The first kappa shape index (κ1) is 13.9. The summed E-state index contributed by atoms with van der Waals surface area (Å²) >= 11 is 0. The number of aromatic nitrogens is 3. The van der Waals surface area contributed by atoms with Crippen LogP contribution in [0.4, 0.5) is 17.5 Å². The van der Waals surface area contributed by atoms with Gasteiger partial charge < -0.3 is 19.9 Å². The van der Waals surface area contributed by atoms with Crippen molar-refractivity contribution in [3.05, 3.63) is 29.2 Å². The molecule has 6 nitrogen and oxygen atoms in total. The number of hydrogen-bond donors (Lipinski definition) is 2. The number of hydrogen-bond acceptors (Lipinski definition) is 5. The van der Waals surface area contributed by atoms with E-state index in [9.17, 15) is 0 Å². The Kier molecular flexibility index (Phi) is 3.79. The monoisotopic (exact) mass is 287 g/mol. The molecular formula is C15H21N5O. The number of H-pyrrole nitrogens is 1. The van der Waals surface area contributed by atoms with E-state index < -0.39 is 0 Å². The first-order chi connectivity index (χ1) is 10.1. The van der Waals surface area contributed by atoms with Gasteiger partial charge in [-0.05, 0) is 32.4 Å². The van der Waals surface area contributed by atoms with E-state index in [1.165, 1.54) is 5.56 Å². The fourth-order valence-corrected chi connectivity index (χ4v) is 2.44. The van der Waals surface area contributed by atoms with Gasteiger partial charge in [0, 0.05) is 24.8 Å². The third kappa shape index (κ3) is 3.16. The summed E-state index contributed by atoms with van der Waals surface area (Å²) < 4.78 is 5.39. The van der Waals surface area contributed by atoms with Gasteiger partial charge in [0.25, 0.3) is 0 Å². The number of morpholine rings is 1. The van der Waals surface area contributed by atoms with E-state index in [1.54, 1.807) is 0 Å². The van der Waals surface area contributed by atoms with Gasteiger partial charge in [-0.1, -0.05) is 0 Å². The van der Waals surface area contributed by atoms with Crippen molar-refractivity contribution >= 4 is 17.5 Å². The van der Waals surface area contributed by atoms with Gasteiger partial charge in [0.15, 0.2) is 0 Å². The minimum absolute atomic E-state index is 0.751. The molecule has 0 spiro atoms. The molecule has 0 aliphatic carbocycles. The Morgan fingerprint density at radius 3 is 2.57 bits per heavy atom. The predicted octanol–water partition coefficient (Wildman–Crippen LogP) is 2.31. The van der Waals surface area contributed by atoms with E-state index >= 15 is 0 Å². The van der Waals surface area contributed by atoms with E-state index in [0.717, 1.165) is 55.3 Å². The first-order valence-electron chi connectivity index (χ1n) is 7.23. The van der Waals surface area contributed by atoms with Crippen molar-refractivity contribution < 1.29 is 4.74 Å². The second-order valence-electron chi connectivity index (χ2n) is 5.37. The molecule has 1 aliphatic rings. The lowest BCUT2D eigenvalue weighted by atomic mass is 10.3. The second kappa shape index (κ2) is 5.73. The highest BCUT2D eigenvalue weighted by Crippen LogP contribution is 2.21. The molecule has 0 bridgehead atoms. The standard InChI is InChI=1S/C15H21N5O/c1-10-8-13(16-11(10)2)19-14-9-15(18-12(3)17-14)20-4-6-21-7-5-20/h8-9,16H,4-7H2,1-3H3,(H,17,18,19). The SMILES string of the molecule is Cc1nc(Nc2cc(C)c(C)[nH]2)cc(N2CCOCC2)n1. The molecule has 3 heterocycles. The molecule has 0 saturated carbocycles. The summed E-state index contributed by atoms with van der Waals surface area (Å²) in [6, 6.07) is 4.07. The number of ether oxygens (including phenoxy) is 1. The predicted molar refractivity (Wildman–Crippen MR) is 83.4 cm³/mol. The van der Waals surface area contributed by atoms with Crippen molar-refractivity contribution in [1.29, 1.82) is 0 Å². The number of rotatable bonds is 3. The van der Waals surface area contributed by atoms with Crippen molar-refractivity contribution in [3.8, 4) is 0 Å². The van der Waals surface area contributed by atoms with Gasteiger partial charge >= 0.3 is 0 Å². The maximum absolute atomic E-state index is 5.39. The maximum atomic E-state index is 5.39. The highest BCUT2D eigenvalue weighted by atomic mass is 16.5. The van der Waals surface area contributed by atoms with Crippen LogP contribution in [0.3, 0.4) is 0 Å². The summed E-state index contributed by atoms with van der Waals surface area (Å²) in [6.45, 7) is 9.31. The molecule has 1 saturated heterocycles. The van der Waals surface area contributed by atoms with Gasteiger partial charge in [-0.2, -0.15) is 0 Å². The van der Waals surface area contributed by atoms with Crippen LogP contribution in [0.15, 0.2) is 12.1 Å². The summed E-state index contributed by atoms with van der Waals surface area (Å²) in [6.07, 6.45) is 0. The Labute approximate surface area is 124 Å². The Morgan fingerprint density at radius 1 is 1.14 bits per heavy atom. The number of anilines is 3. The van der Waals surface area contributed by atoms with E-state index in [4.69, 9.17) is 4.74 Å². The highest BCUT2D eigenvalue weighted by Gasteiger charge is 2.14. The molecule has 1 aliphatic heterocycles. The number of aromatic amines is 1. The summed E-state index contributed by atoms with van der Waals surface area (Å²) in [4.78, 5) is 14.5. The fourth-order valence-electron chi connectivity index (χ4n) is 2.44. The van der Waals surface area contributed by atoms with Crippen LogP contribution in [0.5, 0.6) is 0 Å². The highest BCUT2D eigenvalue weighted by molar-refractivity contribution is 5.58. The van der Waals surface area contributed by atoms with Crippen LogP contribution in [0.25, 0.3) is 0 Å². The molecule has 1 fully saturated rings. The van der Waals surface area contributed by atoms with Crippen molar-refractivity contribution in [3.63, 3.8) is 0 Å². The van der Waals surface area contributed by atoms with Crippen LogP contribution in [0.2, 0.25) is 0 Å². The van der Waals surface area contributed by atoms with Crippen LogP contribution in [-0.4, -0.2) is 41.3 Å². The van der Waals surface area contributed by atoms with E-state index in [2.05, 4.69) is 45.1 Å².